The van der Waals surface area contributed by atoms with Crippen LogP contribution in [0.4, 0.5) is 5.13 Å². The summed E-state index contributed by atoms with van der Waals surface area (Å²) in [6, 6.07) is 0. The molecule has 1 aromatic rings. The summed E-state index contributed by atoms with van der Waals surface area (Å²) in [5, 5.41) is 15.0. The molecule has 94 valence electrons. The Morgan fingerprint density at radius 1 is 1.59 bits per heavy atom. The van der Waals surface area contributed by atoms with Crippen LogP contribution in [0.3, 0.4) is 0 Å². The third-order valence-electron chi connectivity index (χ3n) is 2.90. The molecule has 1 saturated carbocycles. The number of aromatic nitrogens is 2. The number of nitrogens with two attached hydrogens (primary N) is 1. The fourth-order valence-electron chi connectivity index (χ4n) is 1.91. The van der Waals surface area contributed by atoms with Crippen molar-refractivity contribution in [1.82, 2.24) is 15.6 Å². The van der Waals surface area contributed by atoms with E-state index in [2.05, 4.69) is 27.0 Å². The number of nitrogens with zero attached hydrogens (tertiary/aromatic N) is 3. The number of nitrogen functional groups attached to an aromatic ring is 1. The molecule has 2 unspecified atom stereocenters. The number of hydrogen-bond acceptors (Lipinski definition) is 7. The van der Waals surface area contributed by atoms with Gasteiger partial charge in [-0.25, -0.2) is 0 Å². The zero-order chi connectivity index (χ0) is 12.3. The van der Waals surface area contributed by atoms with Gasteiger partial charge in [0.15, 0.2) is 0 Å². The minimum atomic E-state index is 0.568. The first-order valence-electron chi connectivity index (χ1n) is 5.58. The molecule has 1 heterocycles. The zero-order valence-electron chi connectivity index (χ0n) is 10.0. The maximum Gasteiger partial charge on any atom is 0.203 e. The summed E-state index contributed by atoms with van der Waals surface area (Å²) in [5.74, 6) is 1.48. The van der Waals surface area contributed by atoms with Gasteiger partial charge in [0.25, 0.3) is 0 Å². The van der Waals surface area contributed by atoms with Crippen molar-refractivity contribution in [3.05, 3.63) is 5.01 Å². The molecule has 2 atom stereocenters. The number of thioether (sulfide) groups is 1. The highest BCUT2D eigenvalue weighted by Gasteiger charge is 2.38. The van der Waals surface area contributed by atoms with Crippen LogP contribution in [0.2, 0.25) is 0 Å². The van der Waals surface area contributed by atoms with Crippen molar-refractivity contribution < 1.29 is 0 Å². The van der Waals surface area contributed by atoms with Crippen LogP contribution in [0.25, 0.3) is 0 Å². The first-order chi connectivity index (χ1) is 8.22. The summed E-state index contributed by atoms with van der Waals surface area (Å²) in [4.78, 5) is 0. The van der Waals surface area contributed by atoms with Gasteiger partial charge in [-0.2, -0.15) is 5.10 Å². The Labute approximate surface area is 109 Å². The molecule has 0 spiro atoms. The van der Waals surface area contributed by atoms with Crippen LogP contribution in [0.1, 0.15) is 17.8 Å². The van der Waals surface area contributed by atoms with E-state index in [9.17, 15) is 0 Å². The molecule has 3 N–H and O–H groups in total. The largest absolute Gasteiger partial charge is 0.374 e. The summed E-state index contributed by atoms with van der Waals surface area (Å²) in [6.07, 6.45) is 5.42. The predicted octanol–water partition coefficient (Wildman–Crippen LogP) is 1.58. The first-order valence-corrected chi connectivity index (χ1v) is 7.62. The van der Waals surface area contributed by atoms with Crippen LogP contribution in [-0.2, 0) is 6.42 Å². The lowest BCUT2D eigenvalue weighted by atomic mass is 10.2. The van der Waals surface area contributed by atoms with Gasteiger partial charge < -0.3 is 11.2 Å². The maximum absolute atomic E-state index is 5.57. The molecule has 1 aromatic heterocycles. The van der Waals surface area contributed by atoms with Crippen LogP contribution < -0.4 is 11.2 Å². The van der Waals surface area contributed by atoms with Gasteiger partial charge in [0.05, 0.1) is 5.04 Å². The molecule has 1 aliphatic carbocycles. The van der Waals surface area contributed by atoms with Crippen LogP contribution in [0.15, 0.2) is 5.10 Å². The fraction of sp³-hybridized carbons (Fsp3) is 0.700. The van der Waals surface area contributed by atoms with Crippen LogP contribution >= 0.6 is 23.1 Å². The topological polar surface area (TPSA) is 76.2 Å². The van der Waals surface area contributed by atoms with Crippen molar-refractivity contribution in [2.24, 2.45) is 16.9 Å². The van der Waals surface area contributed by atoms with E-state index < -0.39 is 0 Å². The first kappa shape index (κ1) is 12.6. The second kappa shape index (κ2) is 5.68. The maximum atomic E-state index is 5.57. The second-order valence-electron chi connectivity index (χ2n) is 4.13. The molecule has 0 amide bonds. The minimum absolute atomic E-state index is 0.568. The van der Waals surface area contributed by atoms with Crippen molar-refractivity contribution in [2.75, 3.05) is 19.0 Å². The van der Waals surface area contributed by atoms with E-state index in [1.54, 1.807) is 11.8 Å². The number of rotatable bonds is 5. The van der Waals surface area contributed by atoms with Gasteiger partial charge in [0, 0.05) is 19.9 Å². The minimum Gasteiger partial charge on any atom is -0.374 e. The van der Waals surface area contributed by atoms with Gasteiger partial charge in [0.2, 0.25) is 5.13 Å². The average Bonchev–Trinajstić information content (AvgIpc) is 2.89. The van der Waals surface area contributed by atoms with E-state index >= 15 is 0 Å². The highest BCUT2D eigenvalue weighted by molar-refractivity contribution is 8.13. The predicted molar refractivity (Wildman–Crippen MR) is 74.2 cm³/mol. The molecule has 0 bridgehead atoms. The van der Waals surface area contributed by atoms with Gasteiger partial charge in [-0.3, -0.25) is 0 Å². The lowest BCUT2D eigenvalue weighted by Crippen LogP contribution is -2.03. The standard InChI is InChI=1S/C10H17N5S2/c1-12-13-8(16-2)4-6-3-7(6)5-9-14-15-10(11)17-9/h6-7,12H,3-5H2,1-2H3,(H2,11,15). The summed E-state index contributed by atoms with van der Waals surface area (Å²) in [7, 11) is 1.84. The van der Waals surface area contributed by atoms with Crippen LogP contribution in [0, 0.1) is 11.8 Å². The Bertz CT molecular complexity index is 403. The summed E-state index contributed by atoms with van der Waals surface area (Å²) >= 11 is 3.22. The molecule has 2 rings (SSSR count). The van der Waals surface area contributed by atoms with Crippen LogP contribution in [0.5, 0.6) is 0 Å². The Balaban J connectivity index is 1.79. The second-order valence-corrected chi connectivity index (χ2v) is 6.10. The van der Waals surface area contributed by atoms with Crippen molar-refractivity contribution >= 4 is 33.3 Å². The van der Waals surface area contributed by atoms with Gasteiger partial charge in [-0.1, -0.05) is 11.3 Å². The van der Waals surface area contributed by atoms with Crippen molar-refractivity contribution in [1.29, 1.82) is 0 Å². The molecule has 17 heavy (non-hydrogen) atoms. The van der Waals surface area contributed by atoms with Crippen molar-refractivity contribution in [3.63, 3.8) is 0 Å². The molecular weight excluding hydrogens is 254 g/mol. The molecule has 0 aromatic carbocycles. The number of hydrogen-bond donors (Lipinski definition) is 2. The van der Waals surface area contributed by atoms with Gasteiger partial charge >= 0.3 is 0 Å². The average molecular weight is 271 g/mol. The Kier molecular flexibility index (Phi) is 4.22. The molecular formula is C10H17N5S2. The van der Waals surface area contributed by atoms with E-state index in [0.29, 0.717) is 5.13 Å². The van der Waals surface area contributed by atoms with E-state index in [0.717, 1.165) is 29.7 Å². The lowest BCUT2D eigenvalue weighted by molar-refractivity contribution is 0.709. The Hall–Kier alpha value is -0.820. The molecule has 7 heteroatoms. The Morgan fingerprint density at radius 2 is 2.41 bits per heavy atom. The quantitative estimate of drug-likeness (QED) is 0.483. The number of anilines is 1. The molecule has 0 saturated heterocycles. The normalized spacial score (nSPS) is 23.8. The van der Waals surface area contributed by atoms with Crippen molar-refractivity contribution in [2.45, 2.75) is 19.3 Å². The fourth-order valence-corrected chi connectivity index (χ4v) is 3.17. The lowest BCUT2D eigenvalue weighted by Gasteiger charge is -2.01. The molecule has 1 fully saturated rings. The summed E-state index contributed by atoms with van der Waals surface area (Å²) in [6.45, 7) is 0. The summed E-state index contributed by atoms with van der Waals surface area (Å²) < 4.78 is 0. The molecule has 5 nitrogen and oxygen atoms in total. The number of hydrazone groups is 1. The van der Waals surface area contributed by atoms with Gasteiger partial charge in [-0.05, 0) is 24.5 Å². The molecule has 0 aliphatic heterocycles. The highest BCUT2D eigenvalue weighted by Crippen LogP contribution is 2.44. The smallest absolute Gasteiger partial charge is 0.203 e. The Morgan fingerprint density at radius 3 is 3.00 bits per heavy atom. The number of nitrogens with one attached hydrogen (secondary N) is 1. The summed E-state index contributed by atoms with van der Waals surface area (Å²) in [5.41, 5.74) is 8.42. The van der Waals surface area contributed by atoms with Crippen LogP contribution in [-0.4, -0.2) is 28.5 Å². The van der Waals surface area contributed by atoms with Gasteiger partial charge in [0.1, 0.15) is 5.01 Å². The van der Waals surface area contributed by atoms with Crippen molar-refractivity contribution in [3.8, 4) is 0 Å². The molecule has 1 aliphatic rings. The van der Waals surface area contributed by atoms with E-state index in [1.165, 1.54) is 22.8 Å². The van der Waals surface area contributed by atoms with E-state index in [-0.39, 0.29) is 0 Å². The SMILES string of the molecule is CNN=C(CC1CC1Cc1nnc(N)s1)SC. The third-order valence-corrected chi connectivity index (χ3v) is 4.40. The van der Waals surface area contributed by atoms with E-state index in [4.69, 9.17) is 5.73 Å². The monoisotopic (exact) mass is 271 g/mol. The highest BCUT2D eigenvalue weighted by atomic mass is 32.2. The van der Waals surface area contributed by atoms with E-state index in [1.807, 2.05) is 7.05 Å². The van der Waals surface area contributed by atoms with Gasteiger partial charge in [-0.15, -0.1) is 22.0 Å². The zero-order valence-corrected chi connectivity index (χ0v) is 11.6. The molecule has 0 radical (unpaired) electrons. The third kappa shape index (κ3) is 3.57.